The highest BCUT2D eigenvalue weighted by atomic mass is 19.5. The molecule has 0 spiro atoms. The first-order valence-corrected chi connectivity index (χ1v) is 7.13. The summed E-state index contributed by atoms with van der Waals surface area (Å²) in [4.78, 5) is 15.5. The smallest absolute Gasteiger partial charge is 0.418 e. The van der Waals surface area contributed by atoms with Crippen LogP contribution in [0.2, 0.25) is 0 Å². The lowest BCUT2D eigenvalue weighted by atomic mass is 9.96. The molecule has 0 aromatic carbocycles. The molecule has 0 aromatic rings. The Morgan fingerprint density at radius 2 is 0.963 bits per heavy atom. The van der Waals surface area contributed by atoms with E-state index in [9.17, 15) is 56.6 Å². The van der Waals surface area contributed by atoms with Crippen LogP contribution >= 0.6 is 0 Å². The first kappa shape index (κ1) is 30.5. The highest BCUT2D eigenvalue weighted by molar-refractivity contribution is 6.50. The first-order valence-electron chi connectivity index (χ1n) is 7.13. The number of amides is 1. The number of piperidine rings is 1. The molecule has 0 aliphatic carbocycles. The van der Waals surface area contributed by atoms with Crippen LogP contribution in [0.25, 0.3) is 0 Å². The normalized spacial score (nSPS) is 16.0. The summed E-state index contributed by atoms with van der Waals surface area (Å²) in [5.41, 5.74) is 0. The Morgan fingerprint density at radius 3 is 1.15 bits per heavy atom. The summed E-state index contributed by atoms with van der Waals surface area (Å²) in [6, 6.07) is 0. The number of rotatable bonds is 1. The SMILES string of the molecule is CN1CCC(C(=O)N(C)C)CC1.F[B-](F)(F)F.F[B-](F)(F)F.F[B-](F)(F)F. The van der Waals surface area contributed by atoms with Gasteiger partial charge in [0.1, 0.15) is 0 Å². The molecule has 0 saturated carbocycles. The van der Waals surface area contributed by atoms with Crippen molar-refractivity contribution in [2.75, 3.05) is 34.2 Å². The van der Waals surface area contributed by atoms with Crippen molar-refractivity contribution in [1.29, 1.82) is 0 Å². The highest BCUT2D eigenvalue weighted by Crippen LogP contribution is 2.17. The minimum absolute atomic E-state index is 0.274. The molecule has 166 valence electrons. The van der Waals surface area contributed by atoms with Gasteiger partial charge in [0.2, 0.25) is 5.91 Å². The minimum atomic E-state index is -6.00. The quantitative estimate of drug-likeness (QED) is 0.457. The molecule has 0 aromatic heterocycles. The van der Waals surface area contributed by atoms with Gasteiger partial charge in [-0.3, -0.25) is 4.79 Å². The largest absolute Gasteiger partial charge is 0.673 e. The zero-order valence-electron chi connectivity index (χ0n) is 14.5. The predicted molar refractivity (Wildman–Crippen MR) is 79.5 cm³/mol. The minimum Gasteiger partial charge on any atom is -0.418 e. The monoisotopic (exact) mass is 431 g/mol. The summed E-state index contributed by atoms with van der Waals surface area (Å²) in [5.74, 6) is 0.569. The molecule has 1 saturated heterocycles. The number of carbonyl (C=O) groups is 1. The maximum Gasteiger partial charge on any atom is 0.673 e. The van der Waals surface area contributed by atoms with Gasteiger partial charge in [-0.1, -0.05) is 0 Å². The zero-order chi connectivity index (χ0) is 22.6. The van der Waals surface area contributed by atoms with Gasteiger partial charge in [-0.15, -0.1) is 0 Å². The molecule has 1 heterocycles. The van der Waals surface area contributed by atoms with Crippen LogP contribution in [0.4, 0.5) is 51.8 Å². The lowest BCUT2D eigenvalue weighted by Gasteiger charge is -2.29. The van der Waals surface area contributed by atoms with Crippen LogP contribution < -0.4 is 0 Å². The maximum absolute atomic E-state index is 11.5. The third kappa shape index (κ3) is 45.7. The van der Waals surface area contributed by atoms with E-state index in [-0.39, 0.29) is 5.92 Å². The van der Waals surface area contributed by atoms with Gasteiger partial charge >= 0.3 is 21.8 Å². The van der Waals surface area contributed by atoms with Gasteiger partial charge in [-0.05, 0) is 33.0 Å². The number of hydrogen-bond donors (Lipinski definition) is 0. The average Bonchev–Trinajstić information content (AvgIpc) is 2.32. The number of hydrogen-bond acceptors (Lipinski definition) is 2. The van der Waals surface area contributed by atoms with Gasteiger partial charge in [-0.25, -0.2) is 0 Å². The van der Waals surface area contributed by atoms with Crippen LogP contribution in [-0.4, -0.2) is 71.7 Å². The second kappa shape index (κ2) is 13.0. The summed E-state index contributed by atoms with van der Waals surface area (Å²) < 4.78 is 117. The van der Waals surface area contributed by atoms with E-state index in [1.54, 1.807) is 4.90 Å². The van der Waals surface area contributed by atoms with Crippen LogP contribution in [0.15, 0.2) is 0 Å². The third-order valence-electron chi connectivity index (χ3n) is 2.51. The number of carbonyl (C=O) groups excluding carboxylic acids is 1. The Kier molecular flexibility index (Phi) is 14.7. The van der Waals surface area contributed by atoms with E-state index in [4.69, 9.17) is 0 Å². The molecule has 0 atom stereocenters. The van der Waals surface area contributed by atoms with Crippen LogP contribution in [0.5, 0.6) is 0 Å². The molecule has 1 aliphatic heterocycles. The van der Waals surface area contributed by atoms with Gasteiger partial charge in [0, 0.05) is 20.0 Å². The summed E-state index contributed by atoms with van der Waals surface area (Å²) in [7, 11) is -12.2. The number of halogens is 12. The fraction of sp³-hybridized carbons (Fsp3) is 0.889. The second-order valence-corrected chi connectivity index (χ2v) is 5.29. The maximum atomic E-state index is 11.5. The van der Waals surface area contributed by atoms with E-state index in [1.807, 2.05) is 14.1 Å². The summed E-state index contributed by atoms with van der Waals surface area (Å²) in [6.07, 6.45) is 2.04. The lowest BCUT2D eigenvalue weighted by Crippen LogP contribution is -2.38. The van der Waals surface area contributed by atoms with Crippen molar-refractivity contribution < 1.29 is 56.6 Å². The van der Waals surface area contributed by atoms with E-state index in [2.05, 4.69) is 11.9 Å². The molecule has 1 rings (SSSR count). The fourth-order valence-corrected chi connectivity index (χ4v) is 1.62. The van der Waals surface area contributed by atoms with Gasteiger partial charge in [-0.2, -0.15) is 0 Å². The molecule has 1 aliphatic rings. The number of likely N-dealkylation sites (tertiary alicyclic amines) is 1. The zero-order valence-corrected chi connectivity index (χ0v) is 14.5. The Bertz CT molecular complexity index is 347. The number of nitrogens with zero attached hydrogens (tertiary/aromatic N) is 2. The van der Waals surface area contributed by atoms with Crippen LogP contribution in [-0.2, 0) is 4.79 Å². The van der Waals surface area contributed by atoms with Crippen molar-refractivity contribution in [3.8, 4) is 0 Å². The van der Waals surface area contributed by atoms with Gasteiger partial charge in [0.15, 0.2) is 0 Å². The van der Waals surface area contributed by atoms with Crippen molar-refractivity contribution in [2.45, 2.75) is 12.8 Å². The molecule has 0 bridgehead atoms. The average molecular weight is 431 g/mol. The van der Waals surface area contributed by atoms with E-state index in [0.29, 0.717) is 5.91 Å². The lowest BCUT2D eigenvalue weighted by molar-refractivity contribution is -0.134. The fourth-order valence-electron chi connectivity index (χ4n) is 1.62. The standard InChI is InChI=1S/C9H18N2O.3BF4/c1-10(2)9(12)8-4-6-11(3)7-5-8;3*2-1(3,4)5/h8H,4-7H2,1-3H3;;;/q;3*-1. The Morgan fingerprint density at radius 1 is 0.741 bits per heavy atom. The molecule has 0 N–H and O–H groups in total. The van der Waals surface area contributed by atoms with Gasteiger partial charge in [0.25, 0.3) is 0 Å². The van der Waals surface area contributed by atoms with E-state index >= 15 is 0 Å². The van der Waals surface area contributed by atoms with Gasteiger partial charge in [0.05, 0.1) is 0 Å². The molecular formula is C9H18B3F12N2O-3. The molecule has 1 amide bonds. The predicted octanol–water partition coefficient (Wildman–Crippen LogP) is 4.32. The third-order valence-corrected chi connectivity index (χ3v) is 2.51. The highest BCUT2D eigenvalue weighted by Gasteiger charge is 2.24. The Labute approximate surface area is 148 Å². The van der Waals surface area contributed by atoms with E-state index in [0.717, 1.165) is 25.9 Å². The molecule has 27 heavy (non-hydrogen) atoms. The van der Waals surface area contributed by atoms with Crippen molar-refractivity contribution in [2.24, 2.45) is 5.92 Å². The Hall–Kier alpha value is -1.22. The summed E-state index contributed by atoms with van der Waals surface area (Å²) in [6.45, 7) is 2.12. The molecule has 0 unspecified atom stereocenters. The summed E-state index contributed by atoms with van der Waals surface area (Å²) in [5, 5.41) is 0. The van der Waals surface area contributed by atoms with Crippen LogP contribution in [0.1, 0.15) is 12.8 Å². The van der Waals surface area contributed by atoms with Crippen molar-refractivity contribution in [1.82, 2.24) is 9.80 Å². The molecule has 1 fully saturated rings. The molecule has 3 nitrogen and oxygen atoms in total. The molecule has 0 radical (unpaired) electrons. The second-order valence-electron chi connectivity index (χ2n) is 5.29. The molecule has 18 heteroatoms. The van der Waals surface area contributed by atoms with Crippen LogP contribution in [0.3, 0.4) is 0 Å². The van der Waals surface area contributed by atoms with E-state index in [1.165, 1.54) is 0 Å². The van der Waals surface area contributed by atoms with Crippen LogP contribution in [0, 0.1) is 5.92 Å². The Balaban J connectivity index is -0.000000323. The molecular weight excluding hydrogens is 413 g/mol. The van der Waals surface area contributed by atoms with E-state index < -0.39 is 21.8 Å². The van der Waals surface area contributed by atoms with Gasteiger partial charge < -0.3 is 61.6 Å². The van der Waals surface area contributed by atoms with Crippen molar-refractivity contribution in [3.63, 3.8) is 0 Å². The summed E-state index contributed by atoms with van der Waals surface area (Å²) >= 11 is 0. The topological polar surface area (TPSA) is 23.6 Å². The van der Waals surface area contributed by atoms with Crippen molar-refractivity contribution >= 4 is 27.7 Å². The first-order chi connectivity index (χ1) is 11.6. The van der Waals surface area contributed by atoms with Crippen molar-refractivity contribution in [3.05, 3.63) is 0 Å².